The van der Waals surface area contributed by atoms with Crippen LogP contribution in [-0.2, 0) is 13.2 Å². The zero-order valence-electron chi connectivity index (χ0n) is 17.7. The number of rotatable bonds is 7. The van der Waals surface area contributed by atoms with Crippen molar-refractivity contribution in [1.29, 1.82) is 0 Å². The van der Waals surface area contributed by atoms with E-state index in [4.69, 9.17) is 38.2 Å². The molecule has 4 rings (SSSR count). The van der Waals surface area contributed by atoms with Crippen molar-refractivity contribution in [3.63, 3.8) is 0 Å². The lowest BCUT2D eigenvalue weighted by Gasteiger charge is -2.12. The second-order valence-electron chi connectivity index (χ2n) is 7.49. The highest BCUT2D eigenvalue weighted by Gasteiger charge is 2.29. The van der Waals surface area contributed by atoms with Gasteiger partial charge in [0.15, 0.2) is 17.4 Å². The first-order valence-corrected chi connectivity index (χ1v) is 11.0. The summed E-state index contributed by atoms with van der Waals surface area (Å²) < 4.78 is 10.7. The summed E-state index contributed by atoms with van der Waals surface area (Å²) in [6.07, 6.45) is 1.23. The Morgan fingerprint density at radius 1 is 1.32 bits per heavy atom. The number of benzene rings is 1. The van der Waals surface area contributed by atoms with Gasteiger partial charge in [-0.1, -0.05) is 34.4 Å². The van der Waals surface area contributed by atoms with Crippen molar-refractivity contribution < 1.29 is 24.0 Å². The molecule has 34 heavy (non-hydrogen) atoms. The second kappa shape index (κ2) is 10.2. The zero-order chi connectivity index (χ0) is 24.2. The number of halogens is 2. The van der Waals surface area contributed by atoms with Crippen molar-refractivity contribution in [3.05, 3.63) is 63.3 Å². The van der Waals surface area contributed by atoms with Gasteiger partial charge in [-0.2, -0.15) is 4.98 Å². The summed E-state index contributed by atoms with van der Waals surface area (Å²) in [5, 5.41) is 16.8. The normalized spacial score (nSPS) is 15.4. The lowest BCUT2D eigenvalue weighted by Crippen LogP contribution is -2.30. The molecule has 1 aliphatic rings. The summed E-state index contributed by atoms with van der Waals surface area (Å²) in [4.78, 5) is 34.3. The Bertz CT molecular complexity index is 1200. The van der Waals surface area contributed by atoms with Gasteiger partial charge < -0.3 is 30.3 Å². The van der Waals surface area contributed by atoms with Crippen LogP contribution in [0.1, 0.15) is 38.9 Å². The fourth-order valence-corrected chi connectivity index (χ4v) is 3.76. The van der Waals surface area contributed by atoms with Crippen LogP contribution in [-0.4, -0.2) is 56.1 Å². The van der Waals surface area contributed by atoms with E-state index in [2.05, 4.69) is 20.4 Å². The molecule has 3 aromatic rings. The van der Waals surface area contributed by atoms with Gasteiger partial charge >= 0.3 is 11.8 Å². The van der Waals surface area contributed by atoms with Crippen molar-refractivity contribution in [2.24, 2.45) is 0 Å². The Morgan fingerprint density at radius 2 is 2.09 bits per heavy atom. The van der Waals surface area contributed by atoms with E-state index in [9.17, 15) is 14.7 Å². The number of amides is 2. The number of carbonyl (C=O) groups excluding carboxylic acids is 2. The van der Waals surface area contributed by atoms with E-state index < -0.39 is 17.9 Å². The second-order valence-corrected chi connectivity index (χ2v) is 8.30. The van der Waals surface area contributed by atoms with Crippen LogP contribution in [0, 0.1) is 0 Å². The molecule has 1 aromatic carbocycles. The van der Waals surface area contributed by atoms with E-state index in [-0.39, 0.29) is 48.5 Å². The first-order chi connectivity index (χ1) is 16.3. The fourth-order valence-electron chi connectivity index (χ4n) is 3.25. The minimum absolute atomic E-state index is 0.0309. The molecular formula is C21H20Cl2N6O5. The summed E-state index contributed by atoms with van der Waals surface area (Å²) in [6, 6.07) is 6.52. The van der Waals surface area contributed by atoms with E-state index in [1.54, 1.807) is 18.2 Å². The number of aliphatic hydroxyl groups excluding tert-OH is 1. The molecule has 2 aromatic heterocycles. The number of anilines is 1. The fraction of sp³-hybridized carbons (Fsp3) is 0.286. The molecule has 2 amide bonds. The Labute approximate surface area is 203 Å². The predicted molar refractivity (Wildman–Crippen MR) is 121 cm³/mol. The molecule has 178 valence electrons. The van der Waals surface area contributed by atoms with Crippen LogP contribution in [0.5, 0.6) is 5.75 Å². The minimum atomic E-state index is -0.560. The van der Waals surface area contributed by atoms with Gasteiger partial charge in [0.1, 0.15) is 6.61 Å². The smallest absolute Gasteiger partial charge is 0.316 e. The largest absolute Gasteiger partial charge is 0.485 e. The van der Waals surface area contributed by atoms with Gasteiger partial charge in [0.25, 0.3) is 5.91 Å². The molecule has 13 heteroatoms. The third kappa shape index (κ3) is 5.38. The Kier molecular flexibility index (Phi) is 7.15. The lowest BCUT2D eigenvalue weighted by molar-refractivity contribution is 0.0716. The number of likely N-dealkylation sites (tertiary alicyclic amines) is 1. The van der Waals surface area contributed by atoms with Gasteiger partial charge in [-0.15, -0.1) is 0 Å². The van der Waals surface area contributed by atoms with Crippen LogP contribution in [0.2, 0.25) is 10.0 Å². The van der Waals surface area contributed by atoms with Crippen molar-refractivity contribution >= 4 is 40.8 Å². The number of nitrogens with one attached hydrogen (secondary N) is 1. The van der Waals surface area contributed by atoms with Gasteiger partial charge in [0.05, 0.1) is 18.2 Å². The number of nitrogen functional groups attached to an aromatic ring is 1. The van der Waals surface area contributed by atoms with E-state index in [0.717, 1.165) is 0 Å². The third-order valence-electron chi connectivity index (χ3n) is 5.09. The van der Waals surface area contributed by atoms with Crippen LogP contribution in [0.15, 0.2) is 35.0 Å². The van der Waals surface area contributed by atoms with Crippen molar-refractivity contribution in [2.45, 2.75) is 25.7 Å². The molecule has 1 saturated heterocycles. The molecule has 0 saturated carbocycles. The third-order valence-corrected chi connectivity index (χ3v) is 5.79. The first kappa shape index (κ1) is 23.7. The first-order valence-electron chi connectivity index (χ1n) is 10.2. The quantitative estimate of drug-likeness (QED) is 0.436. The Morgan fingerprint density at radius 3 is 2.79 bits per heavy atom. The number of β-amino-alcohol motifs (C(OH)–C–C–N with tert-alkyl or cyclic N) is 1. The van der Waals surface area contributed by atoms with E-state index in [1.807, 2.05) is 0 Å². The summed E-state index contributed by atoms with van der Waals surface area (Å²) in [5.74, 6) is -0.777. The molecular weight excluding hydrogens is 487 g/mol. The number of pyridine rings is 1. The maximum atomic E-state index is 12.6. The highest BCUT2D eigenvalue weighted by molar-refractivity contribution is 6.35. The van der Waals surface area contributed by atoms with Gasteiger partial charge in [0.2, 0.25) is 0 Å². The molecule has 0 spiro atoms. The van der Waals surface area contributed by atoms with Gasteiger partial charge in [-0.3, -0.25) is 9.59 Å². The average Bonchev–Trinajstić information content (AvgIpc) is 3.47. The number of nitrogens with zero attached hydrogens (tertiary/aromatic N) is 4. The maximum absolute atomic E-state index is 12.6. The van der Waals surface area contributed by atoms with Crippen LogP contribution in [0.25, 0.3) is 0 Å². The zero-order valence-corrected chi connectivity index (χ0v) is 19.2. The molecule has 4 N–H and O–H groups in total. The Hall–Kier alpha value is -3.41. The molecule has 0 bridgehead atoms. The number of carbonyl (C=O) groups is 2. The SMILES string of the molecule is Nc1ncc(C(=O)NCc2noc(C(=O)N3CC[C@H](O)C3)n2)cc1OCc1c(Cl)cccc1Cl. The molecule has 11 nitrogen and oxygen atoms in total. The summed E-state index contributed by atoms with van der Waals surface area (Å²) in [7, 11) is 0. The van der Waals surface area contributed by atoms with Gasteiger partial charge in [-0.05, 0) is 24.6 Å². The average molecular weight is 507 g/mol. The summed E-state index contributed by atoms with van der Waals surface area (Å²) in [5.41, 5.74) is 6.62. The molecule has 0 radical (unpaired) electrons. The summed E-state index contributed by atoms with van der Waals surface area (Å²) in [6.45, 7) is 0.563. The van der Waals surface area contributed by atoms with Crippen LogP contribution >= 0.6 is 23.2 Å². The number of aromatic nitrogens is 3. The molecule has 0 unspecified atom stereocenters. The van der Waals surface area contributed by atoms with Crippen molar-refractivity contribution in [1.82, 2.24) is 25.3 Å². The Balaban J connectivity index is 1.36. The molecule has 3 heterocycles. The van der Waals surface area contributed by atoms with E-state index in [0.29, 0.717) is 28.6 Å². The number of hydrogen-bond donors (Lipinski definition) is 3. The van der Waals surface area contributed by atoms with E-state index >= 15 is 0 Å². The highest BCUT2D eigenvalue weighted by Crippen LogP contribution is 2.27. The van der Waals surface area contributed by atoms with Gasteiger partial charge in [-0.25, -0.2) is 4.98 Å². The lowest BCUT2D eigenvalue weighted by atomic mass is 10.2. The van der Waals surface area contributed by atoms with Crippen molar-refractivity contribution in [3.8, 4) is 5.75 Å². The standard InChI is InChI=1S/C21H20Cl2N6O5/c22-14-2-1-3-15(23)13(14)10-33-16-6-11(7-25-18(16)24)19(31)26-8-17-27-20(34-28-17)21(32)29-5-4-12(30)9-29/h1-3,6-7,12,30H,4-5,8-10H2,(H2,24,25)(H,26,31)/t12-/m0/s1. The van der Waals surface area contributed by atoms with Crippen molar-refractivity contribution in [2.75, 3.05) is 18.8 Å². The number of ether oxygens (including phenoxy) is 1. The molecule has 0 aliphatic carbocycles. The maximum Gasteiger partial charge on any atom is 0.316 e. The number of aliphatic hydroxyl groups is 1. The minimum Gasteiger partial charge on any atom is -0.485 e. The molecule has 1 atom stereocenters. The highest BCUT2D eigenvalue weighted by atomic mass is 35.5. The van der Waals surface area contributed by atoms with Gasteiger partial charge in [0, 0.05) is 34.9 Å². The topological polar surface area (TPSA) is 157 Å². The van der Waals surface area contributed by atoms with Crippen LogP contribution in [0.4, 0.5) is 5.82 Å². The monoisotopic (exact) mass is 506 g/mol. The molecule has 1 aliphatic heterocycles. The van der Waals surface area contributed by atoms with Crippen LogP contribution < -0.4 is 15.8 Å². The summed E-state index contributed by atoms with van der Waals surface area (Å²) >= 11 is 12.3. The van der Waals surface area contributed by atoms with Crippen LogP contribution in [0.3, 0.4) is 0 Å². The number of nitrogens with two attached hydrogens (primary N) is 1. The van der Waals surface area contributed by atoms with E-state index in [1.165, 1.54) is 17.2 Å². The molecule has 1 fully saturated rings. The number of hydrogen-bond acceptors (Lipinski definition) is 9. The predicted octanol–water partition coefficient (Wildman–Crippen LogP) is 2.07.